The van der Waals surface area contributed by atoms with E-state index in [1.807, 2.05) is 6.92 Å². The highest BCUT2D eigenvalue weighted by Crippen LogP contribution is 2.34. The first-order chi connectivity index (χ1) is 9.45. The molecular weight excluding hydrogens is 304 g/mol. The topological polar surface area (TPSA) is 101 Å². The normalized spacial score (nSPS) is 21.9. The Morgan fingerprint density at radius 3 is 2.75 bits per heavy atom. The Bertz CT molecular complexity index is 559. The van der Waals surface area contributed by atoms with Gasteiger partial charge in [0.15, 0.2) is 0 Å². The number of thioether (sulfide) groups is 1. The molecule has 1 aromatic rings. The van der Waals surface area contributed by atoms with Crippen molar-refractivity contribution in [2.75, 3.05) is 5.75 Å². The van der Waals surface area contributed by atoms with E-state index >= 15 is 0 Å². The summed E-state index contributed by atoms with van der Waals surface area (Å²) in [5, 5.41) is 19.5. The van der Waals surface area contributed by atoms with Crippen molar-refractivity contribution in [3.05, 3.63) is 27.1 Å². The van der Waals surface area contributed by atoms with E-state index in [2.05, 4.69) is 0 Å². The molecule has 20 heavy (non-hydrogen) atoms. The third-order valence-electron chi connectivity index (χ3n) is 2.94. The van der Waals surface area contributed by atoms with Crippen LogP contribution in [-0.4, -0.2) is 44.0 Å². The summed E-state index contributed by atoms with van der Waals surface area (Å²) in [6.45, 7) is 1.87. The minimum absolute atomic E-state index is 0.125. The quantitative estimate of drug-likeness (QED) is 0.674. The number of carboxylic acids is 1. The van der Waals surface area contributed by atoms with Crippen LogP contribution in [0.2, 0.25) is 0 Å². The van der Waals surface area contributed by atoms with Crippen LogP contribution in [0.25, 0.3) is 0 Å². The number of rotatable bonds is 4. The molecule has 1 aliphatic rings. The Hall–Kier alpha value is -1.61. The minimum atomic E-state index is -1.05. The molecule has 0 saturated carbocycles. The van der Waals surface area contributed by atoms with Crippen LogP contribution in [0, 0.1) is 10.1 Å². The number of hydrogen-bond donors (Lipinski definition) is 1. The molecule has 0 bridgehead atoms. The van der Waals surface area contributed by atoms with Crippen LogP contribution in [0.15, 0.2) is 12.1 Å². The fraction of sp³-hybridized carbons (Fsp3) is 0.455. The largest absolute Gasteiger partial charge is 0.480 e. The van der Waals surface area contributed by atoms with Crippen LogP contribution in [0.4, 0.5) is 5.00 Å². The number of aliphatic carboxylic acids is 1. The van der Waals surface area contributed by atoms with Gasteiger partial charge in [0.1, 0.15) is 6.04 Å². The molecule has 0 radical (unpaired) electrons. The zero-order chi connectivity index (χ0) is 14.9. The van der Waals surface area contributed by atoms with Gasteiger partial charge in [0.2, 0.25) is 0 Å². The summed E-state index contributed by atoms with van der Waals surface area (Å²) in [7, 11) is 0. The van der Waals surface area contributed by atoms with Gasteiger partial charge >= 0.3 is 11.0 Å². The molecule has 0 spiro atoms. The molecule has 1 fully saturated rings. The number of carboxylic acid groups (broad SMARTS) is 1. The summed E-state index contributed by atoms with van der Waals surface area (Å²) in [6, 6.07) is 1.76. The summed E-state index contributed by atoms with van der Waals surface area (Å²) in [5.74, 6) is -1.16. The minimum Gasteiger partial charge on any atom is -0.480 e. The lowest BCUT2D eigenvalue weighted by molar-refractivity contribution is -0.380. The summed E-state index contributed by atoms with van der Waals surface area (Å²) in [6.07, 6.45) is 0.633. The predicted octanol–water partition coefficient (Wildman–Crippen LogP) is 2.03. The van der Waals surface area contributed by atoms with E-state index in [4.69, 9.17) is 0 Å². The van der Waals surface area contributed by atoms with E-state index in [-0.39, 0.29) is 15.3 Å². The van der Waals surface area contributed by atoms with E-state index < -0.39 is 22.8 Å². The Morgan fingerprint density at radius 1 is 1.55 bits per heavy atom. The van der Waals surface area contributed by atoms with Crippen molar-refractivity contribution in [1.82, 2.24) is 4.90 Å². The first-order valence-electron chi connectivity index (χ1n) is 5.87. The van der Waals surface area contributed by atoms with Gasteiger partial charge in [-0.3, -0.25) is 14.9 Å². The number of hydrogen-bond acceptors (Lipinski definition) is 6. The Kier molecular flexibility index (Phi) is 4.29. The van der Waals surface area contributed by atoms with Crippen LogP contribution in [0.5, 0.6) is 0 Å². The molecule has 1 amide bonds. The molecule has 9 heteroatoms. The second-order valence-corrected chi connectivity index (χ2v) is 6.43. The summed E-state index contributed by atoms with van der Waals surface area (Å²) >= 11 is 2.19. The molecule has 1 saturated heterocycles. The van der Waals surface area contributed by atoms with Gasteiger partial charge < -0.3 is 10.0 Å². The highest BCUT2D eigenvalue weighted by atomic mass is 32.2. The molecular formula is C11H12N2O5S2. The lowest BCUT2D eigenvalue weighted by atomic mass is 10.2. The Balaban J connectivity index is 2.28. The highest BCUT2D eigenvalue weighted by molar-refractivity contribution is 8.00. The second-order valence-electron chi connectivity index (χ2n) is 4.16. The third-order valence-corrected chi connectivity index (χ3v) is 5.42. The lowest BCUT2D eigenvalue weighted by Crippen LogP contribution is -2.45. The zero-order valence-corrected chi connectivity index (χ0v) is 12.1. The van der Waals surface area contributed by atoms with E-state index in [1.54, 1.807) is 0 Å². The van der Waals surface area contributed by atoms with Crippen molar-refractivity contribution < 1.29 is 19.6 Å². The zero-order valence-electron chi connectivity index (χ0n) is 10.5. The van der Waals surface area contributed by atoms with E-state index in [1.165, 1.54) is 28.8 Å². The maximum atomic E-state index is 12.4. The maximum absolute atomic E-state index is 12.4. The van der Waals surface area contributed by atoms with Crippen LogP contribution in [0.3, 0.4) is 0 Å². The van der Waals surface area contributed by atoms with Crippen LogP contribution in [0.1, 0.15) is 23.0 Å². The lowest BCUT2D eigenvalue weighted by Gasteiger charge is -2.25. The number of carbonyl (C=O) groups is 2. The number of nitro groups is 1. The molecule has 7 nitrogen and oxygen atoms in total. The van der Waals surface area contributed by atoms with Crippen LogP contribution >= 0.6 is 23.1 Å². The van der Waals surface area contributed by atoms with Crippen molar-refractivity contribution in [3.63, 3.8) is 0 Å². The van der Waals surface area contributed by atoms with Gasteiger partial charge in [0.25, 0.3) is 5.91 Å². The van der Waals surface area contributed by atoms with Crippen molar-refractivity contribution in [3.8, 4) is 0 Å². The molecule has 2 rings (SSSR count). The third kappa shape index (κ3) is 2.63. The average Bonchev–Trinajstić information content (AvgIpc) is 3.04. The molecule has 1 aromatic heterocycles. The average molecular weight is 316 g/mol. The molecule has 2 atom stereocenters. The fourth-order valence-electron chi connectivity index (χ4n) is 2.01. The van der Waals surface area contributed by atoms with Crippen LogP contribution in [-0.2, 0) is 4.79 Å². The summed E-state index contributed by atoms with van der Waals surface area (Å²) in [4.78, 5) is 35.2. The first-order valence-corrected chi connectivity index (χ1v) is 7.73. The maximum Gasteiger partial charge on any atom is 0.327 e. The van der Waals surface area contributed by atoms with Crippen molar-refractivity contribution in [2.24, 2.45) is 0 Å². The molecule has 2 heterocycles. The second kappa shape index (κ2) is 5.80. The highest BCUT2D eigenvalue weighted by Gasteiger charge is 2.41. The number of amides is 1. The Labute approximate surface area is 122 Å². The van der Waals surface area contributed by atoms with E-state index in [9.17, 15) is 24.8 Å². The molecule has 108 valence electrons. The van der Waals surface area contributed by atoms with Gasteiger partial charge in [0.05, 0.1) is 15.2 Å². The standard InChI is InChI=1S/C11H12N2O5S2/c1-2-8-12(6(5-19-8)11(15)16)10(14)7-3-4-9(20-7)13(17)18/h3-4,6,8H,2,5H2,1H3,(H,15,16). The summed E-state index contributed by atoms with van der Waals surface area (Å²) in [5.41, 5.74) is 0. The van der Waals surface area contributed by atoms with Gasteiger partial charge in [-0.05, 0) is 12.5 Å². The summed E-state index contributed by atoms with van der Waals surface area (Å²) < 4.78 is 0. The van der Waals surface area contributed by atoms with E-state index in [0.717, 1.165) is 11.3 Å². The molecule has 1 aliphatic heterocycles. The smallest absolute Gasteiger partial charge is 0.327 e. The fourth-order valence-corrected chi connectivity index (χ4v) is 4.12. The van der Waals surface area contributed by atoms with Crippen LogP contribution < -0.4 is 0 Å². The molecule has 0 aliphatic carbocycles. The molecule has 2 unspecified atom stereocenters. The molecule has 0 aromatic carbocycles. The number of carbonyl (C=O) groups excluding carboxylic acids is 1. The number of nitrogens with zero attached hydrogens (tertiary/aromatic N) is 2. The van der Waals surface area contributed by atoms with Gasteiger partial charge in [0, 0.05) is 11.8 Å². The van der Waals surface area contributed by atoms with Gasteiger partial charge in [-0.25, -0.2) is 4.79 Å². The number of thiophene rings is 1. The monoisotopic (exact) mass is 316 g/mol. The SMILES string of the molecule is CCC1SCC(C(=O)O)N1C(=O)c1ccc([N+](=O)[O-])s1. The predicted molar refractivity (Wildman–Crippen MR) is 75.1 cm³/mol. The van der Waals surface area contributed by atoms with Gasteiger partial charge in [-0.2, -0.15) is 0 Å². The first kappa shape index (κ1) is 14.8. The van der Waals surface area contributed by atoms with Gasteiger partial charge in [-0.15, -0.1) is 11.8 Å². The van der Waals surface area contributed by atoms with Gasteiger partial charge in [-0.1, -0.05) is 18.3 Å². The van der Waals surface area contributed by atoms with Crippen molar-refractivity contribution in [2.45, 2.75) is 24.8 Å². The Morgan fingerprint density at radius 2 is 2.25 bits per heavy atom. The van der Waals surface area contributed by atoms with Crippen molar-refractivity contribution >= 4 is 40.0 Å². The molecule has 1 N–H and O–H groups in total. The van der Waals surface area contributed by atoms with Crippen molar-refractivity contribution in [1.29, 1.82) is 0 Å². The van der Waals surface area contributed by atoms with E-state index in [0.29, 0.717) is 12.2 Å².